The lowest BCUT2D eigenvalue weighted by atomic mass is 10.0. The Kier molecular flexibility index (Phi) is 4.56. The van der Waals surface area contributed by atoms with E-state index < -0.39 is 0 Å². The highest BCUT2D eigenvalue weighted by Crippen LogP contribution is 2.26. The number of likely N-dealkylation sites (tertiary alicyclic amines) is 1. The molecule has 4 nitrogen and oxygen atoms in total. The van der Waals surface area contributed by atoms with Gasteiger partial charge < -0.3 is 10.1 Å². The van der Waals surface area contributed by atoms with Gasteiger partial charge in [-0.15, -0.1) is 0 Å². The van der Waals surface area contributed by atoms with E-state index in [1.54, 1.807) is 0 Å². The average Bonchev–Trinajstić information content (AvgIpc) is 3.17. The minimum Gasteiger partial charge on any atom is -0.465 e. The number of hydrogen-bond acceptors (Lipinski definition) is 4. The van der Waals surface area contributed by atoms with Crippen LogP contribution in [0.25, 0.3) is 0 Å². The van der Waals surface area contributed by atoms with Crippen molar-refractivity contribution in [2.45, 2.75) is 44.3 Å². The molecule has 2 aliphatic rings. The number of carbonyl (C=O) groups excluding carboxylic acids is 1. The van der Waals surface area contributed by atoms with E-state index in [9.17, 15) is 4.79 Å². The molecule has 2 saturated heterocycles. The number of benzene rings is 1. The highest BCUT2D eigenvalue weighted by molar-refractivity contribution is 5.89. The van der Waals surface area contributed by atoms with Gasteiger partial charge in [0.2, 0.25) is 0 Å². The maximum Gasteiger partial charge on any atom is 0.337 e. The summed E-state index contributed by atoms with van der Waals surface area (Å²) in [6, 6.07) is 9.12. The van der Waals surface area contributed by atoms with E-state index in [4.69, 9.17) is 4.74 Å². The Morgan fingerprint density at radius 1 is 1.38 bits per heavy atom. The second-order valence-electron chi connectivity index (χ2n) is 6.07. The molecule has 0 bridgehead atoms. The molecule has 3 rings (SSSR count). The number of hydrogen-bond donors (Lipinski definition) is 1. The molecule has 2 unspecified atom stereocenters. The highest BCUT2D eigenvalue weighted by Gasteiger charge is 2.32. The van der Waals surface area contributed by atoms with Gasteiger partial charge in [-0.2, -0.15) is 0 Å². The van der Waals surface area contributed by atoms with Crippen molar-refractivity contribution in [2.24, 2.45) is 0 Å². The Morgan fingerprint density at radius 2 is 2.29 bits per heavy atom. The van der Waals surface area contributed by atoms with Crippen LogP contribution in [0.5, 0.6) is 0 Å². The highest BCUT2D eigenvalue weighted by atomic mass is 16.5. The van der Waals surface area contributed by atoms with Crippen molar-refractivity contribution in [2.75, 3.05) is 20.2 Å². The monoisotopic (exact) mass is 288 g/mol. The van der Waals surface area contributed by atoms with Gasteiger partial charge in [0.1, 0.15) is 0 Å². The van der Waals surface area contributed by atoms with Crippen LogP contribution in [0.1, 0.15) is 41.6 Å². The maximum absolute atomic E-state index is 11.6. The fourth-order valence-corrected chi connectivity index (χ4v) is 3.69. The number of carbonyl (C=O) groups is 1. The van der Waals surface area contributed by atoms with Gasteiger partial charge >= 0.3 is 5.97 Å². The van der Waals surface area contributed by atoms with Gasteiger partial charge in [-0.3, -0.25) is 4.90 Å². The van der Waals surface area contributed by atoms with Crippen molar-refractivity contribution < 1.29 is 9.53 Å². The molecule has 0 radical (unpaired) electrons. The first-order valence-corrected chi connectivity index (χ1v) is 7.92. The van der Waals surface area contributed by atoms with Crippen LogP contribution in [0.15, 0.2) is 24.3 Å². The zero-order chi connectivity index (χ0) is 14.7. The Bertz CT molecular complexity index is 497. The third kappa shape index (κ3) is 3.27. The summed E-state index contributed by atoms with van der Waals surface area (Å²) in [4.78, 5) is 14.2. The van der Waals surface area contributed by atoms with Crippen LogP contribution in [0, 0.1) is 0 Å². The van der Waals surface area contributed by atoms with E-state index in [-0.39, 0.29) is 5.97 Å². The van der Waals surface area contributed by atoms with Crippen molar-refractivity contribution >= 4 is 5.97 Å². The standard InChI is InChI=1S/C17H24N2O2/c1-21-17(20)14-6-2-5-13(11-14)12-19-10-4-8-16(19)15-7-3-9-18-15/h2,5-6,11,15-16,18H,3-4,7-10,12H2,1H3. The van der Waals surface area contributed by atoms with Crippen LogP contribution < -0.4 is 5.32 Å². The van der Waals surface area contributed by atoms with Gasteiger partial charge in [0.25, 0.3) is 0 Å². The first kappa shape index (κ1) is 14.5. The molecule has 0 amide bonds. The summed E-state index contributed by atoms with van der Waals surface area (Å²) in [7, 11) is 1.43. The van der Waals surface area contributed by atoms with Crippen molar-refractivity contribution in [3.8, 4) is 0 Å². The molecule has 21 heavy (non-hydrogen) atoms. The first-order valence-electron chi connectivity index (χ1n) is 7.92. The van der Waals surface area contributed by atoms with Crippen LogP contribution in [0.3, 0.4) is 0 Å². The average molecular weight is 288 g/mol. The molecular weight excluding hydrogens is 264 g/mol. The van der Waals surface area contributed by atoms with Crippen LogP contribution in [-0.4, -0.2) is 43.2 Å². The maximum atomic E-state index is 11.6. The predicted octanol–water partition coefficient (Wildman–Crippen LogP) is 2.19. The molecule has 0 aliphatic carbocycles. The van der Waals surface area contributed by atoms with Gasteiger partial charge in [-0.25, -0.2) is 4.79 Å². The minimum atomic E-state index is -0.257. The second kappa shape index (κ2) is 6.58. The van der Waals surface area contributed by atoms with E-state index in [0.29, 0.717) is 17.6 Å². The Balaban J connectivity index is 1.69. The van der Waals surface area contributed by atoms with Gasteiger partial charge in [0, 0.05) is 18.6 Å². The fraction of sp³-hybridized carbons (Fsp3) is 0.588. The van der Waals surface area contributed by atoms with Crippen LogP contribution >= 0.6 is 0 Å². The molecule has 2 atom stereocenters. The molecule has 2 heterocycles. The summed E-state index contributed by atoms with van der Waals surface area (Å²) in [6.45, 7) is 3.24. The molecule has 2 fully saturated rings. The molecule has 0 spiro atoms. The number of ether oxygens (including phenoxy) is 1. The fourth-order valence-electron chi connectivity index (χ4n) is 3.69. The molecular formula is C17H24N2O2. The molecule has 114 valence electrons. The lowest BCUT2D eigenvalue weighted by Crippen LogP contribution is -2.43. The van der Waals surface area contributed by atoms with Crippen LogP contribution in [0.4, 0.5) is 0 Å². The summed E-state index contributed by atoms with van der Waals surface area (Å²) in [5, 5.41) is 3.64. The number of rotatable bonds is 4. The van der Waals surface area contributed by atoms with Crippen molar-refractivity contribution in [1.82, 2.24) is 10.2 Å². The van der Waals surface area contributed by atoms with E-state index in [1.165, 1.54) is 38.4 Å². The van der Waals surface area contributed by atoms with Gasteiger partial charge in [-0.1, -0.05) is 12.1 Å². The largest absolute Gasteiger partial charge is 0.465 e. The summed E-state index contributed by atoms with van der Waals surface area (Å²) >= 11 is 0. The molecule has 0 aromatic heterocycles. The summed E-state index contributed by atoms with van der Waals surface area (Å²) in [6.07, 6.45) is 5.16. The van der Waals surface area contributed by atoms with Crippen LogP contribution in [0.2, 0.25) is 0 Å². The first-order chi connectivity index (χ1) is 10.3. The van der Waals surface area contributed by atoms with Crippen LogP contribution in [-0.2, 0) is 11.3 Å². The zero-order valence-corrected chi connectivity index (χ0v) is 12.7. The summed E-state index contributed by atoms with van der Waals surface area (Å²) in [5.41, 5.74) is 1.84. The lowest BCUT2D eigenvalue weighted by molar-refractivity contribution is 0.0600. The van der Waals surface area contributed by atoms with Crippen molar-refractivity contribution in [3.63, 3.8) is 0 Å². The SMILES string of the molecule is COC(=O)c1cccc(CN2CCCC2C2CCCN2)c1. The normalized spacial score (nSPS) is 26.1. The topological polar surface area (TPSA) is 41.6 Å². The van der Waals surface area contributed by atoms with Gasteiger partial charge in [0.05, 0.1) is 12.7 Å². The number of methoxy groups -OCH3 is 1. The van der Waals surface area contributed by atoms with Crippen molar-refractivity contribution in [3.05, 3.63) is 35.4 Å². The lowest BCUT2D eigenvalue weighted by Gasteiger charge is -2.29. The van der Waals surface area contributed by atoms with E-state index in [2.05, 4.69) is 16.3 Å². The smallest absolute Gasteiger partial charge is 0.337 e. The Labute approximate surface area is 126 Å². The Hall–Kier alpha value is -1.39. The third-order valence-electron chi connectivity index (χ3n) is 4.71. The number of esters is 1. The molecule has 1 N–H and O–H groups in total. The molecule has 4 heteroatoms. The second-order valence-corrected chi connectivity index (χ2v) is 6.07. The third-order valence-corrected chi connectivity index (χ3v) is 4.71. The zero-order valence-electron chi connectivity index (χ0n) is 12.7. The molecule has 0 saturated carbocycles. The molecule has 1 aromatic rings. The summed E-state index contributed by atoms with van der Waals surface area (Å²) in [5.74, 6) is -0.257. The van der Waals surface area contributed by atoms with E-state index in [0.717, 1.165) is 19.6 Å². The van der Waals surface area contributed by atoms with Gasteiger partial charge in [-0.05, 0) is 56.5 Å². The van der Waals surface area contributed by atoms with E-state index in [1.807, 2.05) is 18.2 Å². The quantitative estimate of drug-likeness (QED) is 0.862. The summed E-state index contributed by atoms with van der Waals surface area (Å²) < 4.78 is 4.80. The van der Waals surface area contributed by atoms with Crippen molar-refractivity contribution in [1.29, 1.82) is 0 Å². The van der Waals surface area contributed by atoms with E-state index >= 15 is 0 Å². The number of nitrogens with one attached hydrogen (secondary N) is 1. The Morgan fingerprint density at radius 3 is 3.05 bits per heavy atom. The van der Waals surface area contributed by atoms with Gasteiger partial charge in [0.15, 0.2) is 0 Å². The minimum absolute atomic E-state index is 0.257. The number of nitrogens with zero attached hydrogens (tertiary/aromatic N) is 1. The predicted molar refractivity (Wildman–Crippen MR) is 82.2 cm³/mol. The molecule has 2 aliphatic heterocycles. The molecule has 1 aromatic carbocycles.